The van der Waals surface area contributed by atoms with Crippen molar-refractivity contribution in [3.63, 3.8) is 0 Å². The maximum absolute atomic E-state index is 11.1. The van der Waals surface area contributed by atoms with Gasteiger partial charge in [0.1, 0.15) is 24.2 Å². The molecular formula is C23H31NO5. The van der Waals surface area contributed by atoms with E-state index in [0.717, 1.165) is 17.5 Å². The number of carbonyl (C=O) groups excluding carboxylic acids is 1. The summed E-state index contributed by atoms with van der Waals surface area (Å²) in [5.41, 5.74) is 2.09. The van der Waals surface area contributed by atoms with Crippen LogP contribution in [0.3, 0.4) is 0 Å². The third kappa shape index (κ3) is 7.40. The number of methoxy groups -OCH3 is 2. The molecule has 2 aromatic rings. The second kappa shape index (κ2) is 11.4. The van der Waals surface area contributed by atoms with Crippen LogP contribution in [-0.4, -0.2) is 56.3 Å². The van der Waals surface area contributed by atoms with Gasteiger partial charge in [-0.25, -0.2) is 0 Å². The molecule has 158 valence electrons. The fraction of sp³-hybridized carbons (Fsp3) is 0.435. The molecule has 0 aliphatic rings. The predicted molar refractivity (Wildman–Crippen MR) is 113 cm³/mol. The number of para-hydroxylation sites is 1. The summed E-state index contributed by atoms with van der Waals surface area (Å²) in [6, 6.07) is 13.4. The van der Waals surface area contributed by atoms with Crippen LogP contribution in [0.4, 0.5) is 0 Å². The highest BCUT2D eigenvalue weighted by atomic mass is 16.5. The zero-order valence-corrected chi connectivity index (χ0v) is 17.7. The van der Waals surface area contributed by atoms with Crippen LogP contribution in [0.15, 0.2) is 42.5 Å². The van der Waals surface area contributed by atoms with E-state index in [1.54, 1.807) is 21.1 Å². The molecular weight excluding hydrogens is 370 g/mol. The van der Waals surface area contributed by atoms with E-state index in [9.17, 15) is 9.90 Å². The Kier molecular flexibility index (Phi) is 8.96. The van der Waals surface area contributed by atoms with Crippen LogP contribution in [0.2, 0.25) is 0 Å². The van der Waals surface area contributed by atoms with Crippen molar-refractivity contribution in [2.45, 2.75) is 32.4 Å². The molecule has 1 unspecified atom stereocenters. The molecule has 0 bridgehead atoms. The largest absolute Gasteiger partial charge is 0.493 e. The zero-order chi connectivity index (χ0) is 21.2. The van der Waals surface area contributed by atoms with Gasteiger partial charge in [0.05, 0.1) is 14.2 Å². The molecule has 0 spiro atoms. The Labute approximate surface area is 173 Å². The maximum atomic E-state index is 11.1. The lowest BCUT2D eigenvalue weighted by molar-refractivity contribution is -0.116. The van der Waals surface area contributed by atoms with Crippen molar-refractivity contribution in [1.82, 2.24) is 4.90 Å². The number of aliphatic hydroxyl groups excluding tert-OH is 1. The van der Waals surface area contributed by atoms with Crippen molar-refractivity contribution < 1.29 is 24.1 Å². The molecule has 6 heteroatoms. The van der Waals surface area contributed by atoms with Gasteiger partial charge in [0.2, 0.25) is 0 Å². The van der Waals surface area contributed by atoms with Crippen LogP contribution in [-0.2, 0) is 17.8 Å². The van der Waals surface area contributed by atoms with E-state index in [1.807, 2.05) is 54.4 Å². The molecule has 0 aliphatic heterocycles. The minimum absolute atomic E-state index is 0.184. The zero-order valence-electron chi connectivity index (χ0n) is 17.7. The monoisotopic (exact) mass is 401 g/mol. The summed E-state index contributed by atoms with van der Waals surface area (Å²) < 4.78 is 16.5. The molecule has 29 heavy (non-hydrogen) atoms. The highest BCUT2D eigenvalue weighted by Crippen LogP contribution is 2.31. The Bertz CT molecular complexity index is 775. The molecule has 1 N–H and O–H groups in total. The van der Waals surface area contributed by atoms with Crippen LogP contribution in [0.25, 0.3) is 0 Å². The van der Waals surface area contributed by atoms with Crippen molar-refractivity contribution in [1.29, 1.82) is 0 Å². The van der Waals surface area contributed by atoms with Gasteiger partial charge < -0.3 is 24.1 Å². The number of aliphatic hydroxyl groups is 1. The van der Waals surface area contributed by atoms with Crippen molar-refractivity contribution >= 4 is 5.78 Å². The standard InChI is InChI=1S/C23H31NO5/c1-17(25)8-9-18-10-12-21(13-11-18)29-16-20(26)15-24(2)14-19-6-5-7-22(27-3)23(19)28-4/h5-7,10-13,20,26H,8-9,14-16H2,1-4H3. The Balaban J connectivity index is 1.82. The molecule has 0 aliphatic carbocycles. The van der Waals surface area contributed by atoms with E-state index in [0.29, 0.717) is 36.8 Å². The predicted octanol–water partition coefficient (Wildman–Crippen LogP) is 3.10. The highest BCUT2D eigenvalue weighted by molar-refractivity contribution is 5.75. The SMILES string of the molecule is COc1cccc(CN(C)CC(O)COc2ccc(CCC(C)=O)cc2)c1OC. The second-order valence-corrected chi connectivity index (χ2v) is 7.16. The van der Waals surface area contributed by atoms with Gasteiger partial charge in [-0.05, 0) is 44.2 Å². The smallest absolute Gasteiger partial charge is 0.165 e. The quantitative estimate of drug-likeness (QED) is 0.589. The second-order valence-electron chi connectivity index (χ2n) is 7.16. The maximum Gasteiger partial charge on any atom is 0.165 e. The molecule has 0 radical (unpaired) electrons. The molecule has 1 atom stereocenters. The van der Waals surface area contributed by atoms with Gasteiger partial charge in [0.15, 0.2) is 11.5 Å². The van der Waals surface area contributed by atoms with Crippen LogP contribution in [0, 0.1) is 0 Å². The van der Waals surface area contributed by atoms with Crippen LogP contribution >= 0.6 is 0 Å². The molecule has 6 nitrogen and oxygen atoms in total. The van der Waals surface area contributed by atoms with Crippen LogP contribution in [0.5, 0.6) is 17.2 Å². The number of ether oxygens (including phenoxy) is 3. The lowest BCUT2D eigenvalue weighted by Gasteiger charge is -2.22. The molecule has 2 aromatic carbocycles. The first-order valence-corrected chi connectivity index (χ1v) is 9.70. The van der Waals surface area contributed by atoms with Gasteiger partial charge in [-0.2, -0.15) is 0 Å². The lowest BCUT2D eigenvalue weighted by atomic mass is 10.1. The van der Waals surface area contributed by atoms with Crippen molar-refractivity contribution in [2.24, 2.45) is 0 Å². The summed E-state index contributed by atoms with van der Waals surface area (Å²) >= 11 is 0. The number of carbonyl (C=O) groups is 1. The number of Topliss-reactive ketones (excluding diaryl/α,β-unsaturated/α-hetero) is 1. The summed E-state index contributed by atoms with van der Waals surface area (Å²) in [6.07, 6.45) is 0.647. The summed E-state index contributed by atoms with van der Waals surface area (Å²) in [6.45, 7) is 2.87. The molecule has 0 saturated heterocycles. The highest BCUT2D eigenvalue weighted by Gasteiger charge is 2.14. The van der Waals surface area contributed by atoms with Gasteiger partial charge >= 0.3 is 0 Å². The third-order valence-electron chi connectivity index (χ3n) is 4.58. The van der Waals surface area contributed by atoms with Gasteiger partial charge in [0, 0.05) is 25.1 Å². The number of aryl methyl sites for hydroxylation is 1. The van der Waals surface area contributed by atoms with Crippen LogP contribution < -0.4 is 14.2 Å². The third-order valence-corrected chi connectivity index (χ3v) is 4.58. The van der Waals surface area contributed by atoms with E-state index >= 15 is 0 Å². The van der Waals surface area contributed by atoms with E-state index < -0.39 is 6.10 Å². The fourth-order valence-electron chi connectivity index (χ4n) is 3.11. The average molecular weight is 402 g/mol. The summed E-state index contributed by atoms with van der Waals surface area (Å²) in [5, 5.41) is 10.3. The van der Waals surface area contributed by atoms with E-state index in [4.69, 9.17) is 14.2 Å². The first-order chi connectivity index (χ1) is 13.9. The molecule has 2 rings (SSSR count). The fourth-order valence-corrected chi connectivity index (χ4v) is 3.11. The number of nitrogens with zero attached hydrogens (tertiary/aromatic N) is 1. The number of hydrogen-bond acceptors (Lipinski definition) is 6. The summed E-state index contributed by atoms with van der Waals surface area (Å²) in [7, 11) is 5.17. The van der Waals surface area contributed by atoms with Gasteiger partial charge in [-0.3, -0.25) is 4.90 Å². The minimum Gasteiger partial charge on any atom is -0.493 e. The van der Waals surface area contributed by atoms with E-state index in [-0.39, 0.29) is 12.4 Å². The minimum atomic E-state index is -0.631. The lowest BCUT2D eigenvalue weighted by Crippen LogP contribution is -2.32. The van der Waals surface area contributed by atoms with Gasteiger partial charge in [-0.1, -0.05) is 24.3 Å². The Morgan fingerprint density at radius 2 is 1.83 bits per heavy atom. The molecule has 0 aromatic heterocycles. The molecule has 0 saturated carbocycles. The number of benzene rings is 2. The molecule has 0 amide bonds. The summed E-state index contributed by atoms with van der Waals surface area (Å²) in [5.74, 6) is 2.28. The van der Waals surface area contributed by atoms with Crippen molar-refractivity contribution in [2.75, 3.05) is 34.4 Å². The first kappa shape index (κ1) is 22.7. The van der Waals surface area contributed by atoms with Crippen molar-refractivity contribution in [3.05, 3.63) is 53.6 Å². The topological polar surface area (TPSA) is 68.2 Å². The van der Waals surface area contributed by atoms with Gasteiger partial charge in [-0.15, -0.1) is 0 Å². The number of likely N-dealkylation sites (N-methyl/N-ethyl adjacent to an activating group) is 1. The van der Waals surface area contributed by atoms with Crippen LogP contribution in [0.1, 0.15) is 24.5 Å². The van der Waals surface area contributed by atoms with Gasteiger partial charge in [0.25, 0.3) is 0 Å². The van der Waals surface area contributed by atoms with Crippen molar-refractivity contribution in [3.8, 4) is 17.2 Å². The number of ketones is 1. The normalized spacial score (nSPS) is 11.9. The first-order valence-electron chi connectivity index (χ1n) is 9.70. The van der Waals surface area contributed by atoms with E-state index in [1.165, 1.54) is 0 Å². The number of hydrogen-bond donors (Lipinski definition) is 1. The molecule has 0 heterocycles. The summed E-state index contributed by atoms with van der Waals surface area (Å²) in [4.78, 5) is 13.1. The number of rotatable bonds is 12. The molecule has 0 fully saturated rings. The average Bonchev–Trinajstić information content (AvgIpc) is 2.71. The Morgan fingerprint density at radius 3 is 2.45 bits per heavy atom. The van der Waals surface area contributed by atoms with E-state index in [2.05, 4.69) is 0 Å². The Hall–Kier alpha value is -2.57. The Morgan fingerprint density at radius 1 is 1.10 bits per heavy atom.